The van der Waals surface area contributed by atoms with E-state index < -0.39 is 36.8 Å². The van der Waals surface area contributed by atoms with Gasteiger partial charge in [-0.15, -0.1) is 4.40 Å². The number of hydrogen-bond acceptors (Lipinski definition) is 5. The van der Waals surface area contributed by atoms with Crippen molar-refractivity contribution in [3.05, 3.63) is 35.1 Å². The number of nitrogens with zero attached hydrogens (tertiary/aromatic N) is 2. The zero-order valence-electron chi connectivity index (χ0n) is 9.88. The van der Waals surface area contributed by atoms with Gasteiger partial charge in [0.15, 0.2) is 6.23 Å². The van der Waals surface area contributed by atoms with E-state index in [9.17, 15) is 15.0 Å². The molecule has 1 saturated heterocycles. The molecule has 0 unspecified atom stereocenters. The summed E-state index contributed by atoms with van der Waals surface area (Å²) < 4.78 is 7.86. The van der Waals surface area contributed by atoms with Crippen LogP contribution in [0.15, 0.2) is 29.5 Å². The quantitative estimate of drug-likeness (QED) is 0.559. The lowest BCUT2D eigenvalue weighted by molar-refractivity contribution is -0.343. The summed E-state index contributed by atoms with van der Waals surface area (Å²) in [6.07, 6.45) is 0.202. The van der Waals surface area contributed by atoms with E-state index in [4.69, 9.17) is 9.84 Å². The summed E-state index contributed by atoms with van der Waals surface area (Å²) in [5.41, 5.74) is 0.196. The predicted octanol–water partition coefficient (Wildman–Crippen LogP) is -2.47. The lowest BCUT2D eigenvalue weighted by Gasteiger charge is -2.15. The molecule has 0 aliphatic carbocycles. The van der Waals surface area contributed by atoms with Gasteiger partial charge < -0.3 is 20.1 Å². The van der Waals surface area contributed by atoms with Gasteiger partial charge in [-0.1, -0.05) is 0 Å². The third kappa shape index (κ3) is 1.77. The van der Waals surface area contributed by atoms with E-state index in [0.717, 1.165) is 0 Å². The minimum atomic E-state index is -1.27. The van der Waals surface area contributed by atoms with E-state index >= 15 is 0 Å². The first-order chi connectivity index (χ1) is 9.13. The second kappa shape index (κ2) is 4.42. The zero-order valence-corrected chi connectivity index (χ0v) is 9.88. The summed E-state index contributed by atoms with van der Waals surface area (Å²) in [7, 11) is 0. The van der Waals surface area contributed by atoms with E-state index in [1.54, 1.807) is 18.5 Å². The van der Waals surface area contributed by atoms with Gasteiger partial charge in [0.1, 0.15) is 30.7 Å². The molecule has 0 saturated carbocycles. The van der Waals surface area contributed by atoms with Crippen molar-refractivity contribution in [1.29, 1.82) is 0 Å². The summed E-state index contributed by atoms with van der Waals surface area (Å²) in [5, 5.41) is 28.6. The van der Waals surface area contributed by atoms with Gasteiger partial charge in [-0.3, -0.25) is 4.57 Å². The molecule has 3 heterocycles. The van der Waals surface area contributed by atoms with Gasteiger partial charge in [0.25, 0.3) is 5.65 Å². The first-order valence-corrected chi connectivity index (χ1v) is 5.86. The maximum absolute atomic E-state index is 12.2. The van der Waals surface area contributed by atoms with Crippen molar-refractivity contribution in [3.8, 4) is 0 Å². The van der Waals surface area contributed by atoms with E-state index in [2.05, 4.69) is 4.98 Å². The van der Waals surface area contributed by atoms with Crippen LogP contribution in [0, 0.1) is 0 Å². The van der Waals surface area contributed by atoms with Crippen LogP contribution in [0.3, 0.4) is 0 Å². The minimum Gasteiger partial charge on any atom is -0.394 e. The molecule has 8 nitrogen and oxygen atoms in total. The number of H-pyrrole nitrogens is 1. The molecule has 0 bridgehead atoms. The summed E-state index contributed by atoms with van der Waals surface area (Å²) in [4.78, 5) is 15.1. The second-order valence-electron chi connectivity index (χ2n) is 4.45. The molecule has 19 heavy (non-hydrogen) atoms. The SMILES string of the molecule is O=c1n([C@@H]2O[C@@H](CO)[C@@H](O)[C@H]2O)ccc2[nH+]ccn12. The zero-order chi connectivity index (χ0) is 13.6. The Hall–Kier alpha value is -1.74. The molecule has 1 fully saturated rings. The highest BCUT2D eigenvalue weighted by Crippen LogP contribution is 2.27. The third-order valence-corrected chi connectivity index (χ3v) is 3.33. The van der Waals surface area contributed by atoms with Crippen LogP contribution in [-0.2, 0) is 4.74 Å². The van der Waals surface area contributed by atoms with Crippen molar-refractivity contribution >= 4 is 5.65 Å². The molecule has 2 aromatic rings. The van der Waals surface area contributed by atoms with Crippen LogP contribution < -0.4 is 10.7 Å². The Balaban J connectivity index is 2.05. The minimum absolute atomic E-state index is 0.409. The van der Waals surface area contributed by atoms with Gasteiger partial charge in [-0.05, 0) is 0 Å². The smallest absolute Gasteiger partial charge is 0.394 e. The lowest BCUT2D eigenvalue weighted by Crippen LogP contribution is -2.37. The molecule has 0 aromatic carbocycles. The summed E-state index contributed by atoms with van der Waals surface area (Å²) in [6, 6.07) is 1.65. The van der Waals surface area contributed by atoms with Crippen LogP contribution in [0.2, 0.25) is 0 Å². The average Bonchev–Trinajstić information content (AvgIpc) is 2.98. The number of aliphatic hydroxyl groups is 3. The van der Waals surface area contributed by atoms with E-state index in [1.165, 1.54) is 15.2 Å². The molecule has 102 valence electrons. The number of ether oxygens (including phenoxy) is 1. The van der Waals surface area contributed by atoms with E-state index in [0.29, 0.717) is 5.65 Å². The standard InChI is InChI=1S/C11H13N3O5/c15-5-6-8(16)9(17)10(19-6)14-3-1-7-12-2-4-13(7)11(14)18/h1-4,6,8-10,15-17H,5H2/p+1/t6-,8+,9+,10+/m0/s1. The number of hydrogen-bond donors (Lipinski definition) is 3. The number of rotatable bonds is 2. The first kappa shape index (κ1) is 12.3. The van der Waals surface area contributed by atoms with Crippen LogP contribution in [0.5, 0.6) is 0 Å². The predicted molar refractivity (Wildman–Crippen MR) is 61.2 cm³/mol. The molecule has 0 amide bonds. The Bertz CT molecular complexity index is 651. The number of nitrogens with one attached hydrogen (secondary N) is 1. The maximum Gasteiger partial charge on any atom is 0.422 e. The Kier molecular flexibility index (Phi) is 2.86. The Morgan fingerprint density at radius 3 is 2.79 bits per heavy atom. The van der Waals surface area contributed by atoms with Crippen LogP contribution in [0.25, 0.3) is 5.65 Å². The number of fused-ring (bicyclic) bond motifs is 1. The molecule has 2 aromatic heterocycles. The average molecular weight is 268 g/mol. The van der Waals surface area contributed by atoms with Crippen molar-refractivity contribution in [3.63, 3.8) is 0 Å². The van der Waals surface area contributed by atoms with Crippen LogP contribution in [-0.4, -0.2) is 49.2 Å². The van der Waals surface area contributed by atoms with E-state index in [-0.39, 0.29) is 0 Å². The summed E-state index contributed by atoms with van der Waals surface area (Å²) in [6.45, 7) is -0.428. The van der Waals surface area contributed by atoms with E-state index in [1.807, 2.05) is 0 Å². The topological polar surface area (TPSA) is 110 Å². The molecule has 1 aliphatic heterocycles. The van der Waals surface area contributed by atoms with Crippen molar-refractivity contribution in [1.82, 2.24) is 8.97 Å². The highest BCUT2D eigenvalue weighted by atomic mass is 16.6. The van der Waals surface area contributed by atoms with Gasteiger partial charge >= 0.3 is 5.69 Å². The Labute approximate surface area is 107 Å². The fraction of sp³-hybridized carbons (Fsp3) is 0.455. The van der Waals surface area contributed by atoms with Gasteiger partial charge in [0.2, 0.25) is 0 Å². The third-order valence-electron chi connectivity index (χ3n) is 3.33. The van der Waals surface area contributed by atoms with Crippen LogP contribution in [0.4, 0.5) is 0 Å². The fourth-order valence-corrected chi connectivity index (χ4v) is 2.28. The van der Waals surface area contributed by atoms with Gasteiger partial charge in [0.05, 0.1) is 6.61 Å². The number of imidazole rings is 1. The molecule has 4 atom stereocenters. The van der Waals surface area contributed by atoms with Gasteiger partial charge in [-0.25, -0.2) is 9.78 Å². The Morgan fingerprint density at radius 2 is 2.11 bits per heavy atom. The van der Waals surface area contributed by atoms with Crippen LogP contribution in [0.1, 0.15) is 6.23 Å². The largest absolute Gasteiger partial charge is 0.422 e. The molecule has 4 N–H and O–H groups in total. The summed E-state index contributed by atoms with van der Waals surface area (Å²) in [5.74, 6) is 0. The van der Waals surface area contributed by atoms with Crippen molar-refractivity contribution in [2.45, 2.75) is 24.5 Å². The van der Waals surface area contributed by atoms with Crippen molar-refractivity contribution < 1.29 is 25.0 Å². The van der Waals surface area contributed by atoms with Gasteiger partial charge in [-0.2, -0.15) is 0 Å². The second-order valence-corrected chi connectivity index (χ2v) is 4.45. The highest BCUT2D eigenvalue weighted by molar-refractivity contribution is 5.28. The lowest BCUT2D eigenvalue weighted by atomic mass is 10.1. The molecule has 8 heteroatoms. The summed E-state index contributed by atoms with van der Waals surface area (Å²) >= 11 is 0. The molecular weight excluding hydrogens is 254 g/mol. The van der Waals surface area contributed by atoms with Crippen molar-refractivity contribution in [2.24, 2.45) is 0 Å². The highest BCUT2D eigenvalue weighted by Gasteiger charge is 2.44. The monoisotopic (exact) mass is 268 g/mol. The fourth-order valence-electron chi connectivity index (χ4n) is 2.28. The first-order valence-electron chi connectivity index (χ1n) is 5.86. The van der Waals surface area contributed by atoms with Crippen LogP contribution >= 0.6 is 0 Å². The number of aliphatic hydroxyl groups excluding tert-OH is 3. The maximum atomic E-state index is 12.2. The molecule has 0 radical (unpaired) electrons. The van der Waals surface area contributed by atoms with Gasteiger partial charge in [0, 0.05) is 12.3 Å². The molecule has 1 aliphatic rings. The molecule has 3 rings (SSSR count). The number of aromatic amines is 1. The van der Waals surface area contributed by atoms with Crippen molar-refractivity contribution in [2.75, 3.05) is 6.61 Å². The Morgan fingerprint density at radius 1 is 1.32 bits per heavy atom. The molecular formula is C11H14N3O5+. The molecule has 0 spiro atoms. The number of aromatic nitrogens is 3. The normalized spacial score (nSPS) is 31.1.